The van der Waals surface area contributed by atoms with Gasteiger partial charge in [-0.1, -0.05) is 30.3 Å². The lowest BCUT2D eigenvalue weighted by Crippen LogP contribution is -2.24. The molecule has 12 heavy (non-hydrogen) atoms. The summed E-state index contributed by atoms with van der Waals surface area (Å²) in [6.45, 7) is 0. The van der Waals surface area contributed by atoms with Crippen LogP contribution in [0.5, 0.6) is 0 Å². The molecule has 0 heterocycles. The molecule has 2 amide bonds. The summed E-state index contributed by atoms with van der Waals surface area (Å²) < 4.78 is 0. The maximum absolute atomic E-state index is 10.2. The summed E-state index contributed by atoms with van der Waals surface area (Å²) in [6, 6.07) is 8.73. The van der Waals surface area contributed by atoms with Crippen molar-refractivity contribution in [1.82, 2.24) is 5.43 Å². The van der Waals surface area contributed by atoms with Crippen molar-refractivity contribution >= 4 is 12.2 Å². The van der Waals surface area contributed by atoms with Crippen LogP contribution in [0.25, 0.3) is 0 Å². The average molecular weight is 163 g/mol. The van der Waals surface area contributed by atoms with Gasteiger partial charge in [-0.15, -0.1) is 0 Å². The second kappa shape index (κ2) is 4.12. The number of nitrogens with one attached hydrogen (secondary N) is 1. The summed E-state index contributed by atoms with van der Waals surface area (Å²) in [5.41, 5.74) is 7.80. The maximum Gasteiger partial charge on any atom is 0.332 e. The molecule has 0 radical (unpaired) electrons. The smallest absolute Gasteiger partial charge is 0.332 e. The van der Waals surface area contributed by atoms with Crippen LogP contribution in [0.4, 0.5) is 4.79 Å². The first kappa shape index (κ1) is 8.26. The van der Waals surface area contributed by atoms with E-state index < -0.39 is 6.03 Å². The number of primary amides is 1. The first-order valence-electron chi connectivity index (χ1n) is 3.42. The third-order valence-corrected chi connectivity index (χ3v) is 1.19. The summed E-state index contributed by atoms with van der Waals surface area (Å²) in [6.07, 6.45) is 1.52. The Morgan fingerprint density at radius 1 is 1.42 bits per heavy atom. The van der Waals surface area contributed by atoms with Crippen LogP contribution in [0.3, 0.4) is 0 Å². The van der Waals surface area contributed by atoms with Crippen molar-refractivity contribution in [1.29, 1.82) is 0 Å². The Morgan fingerprint density at radius 3 is 2.67 bits per heavy atom. The lowest BCUT2D eigenvalue weighted by molar-refractivity contribution is 0.249. The first-order valence-corrected chi connectivity index (χ1v) is 3.42. The maximum atomic E-state index is 10.2. The number of rotatable bonds is 2. The van der Waals surface area contributed by atoms with Gasteiger partial charge in [0.25, 0.3) is 0 Å². The Balaban J connectivity index is 2.52. The number of hydrogen-bond donors (Lipinski definition) is 2. The van der Waals surface area contributed by atoms with Crippen molar-refractivity contribution in [2.24, 2.45) is 10.8 Å². The lowest BCUT2D eigenvalue weighted by Gasteiger charge is -1.91. The minimum atomic E-state index is -0.665. The van der Waals surface area contributed by atoms with Gasteiger partial charge in [0.2, 0.25) is 0 Å². The monoisotopic (exact) mass is 163 g/mol. The van der Waals surface area contributed by atoms with E-state index in [1.807, 2.05) is 30.3 Å². The third kappa shape index (κ3) is 2.83. The molecule has 0 bridgehead atoms. The fourth-order valence-electron chi connectivity index (χ4n) is 0.710. The van der Waals surface area contributed by atoms with Crippen LogP contribution < -0.4 is 11.2 Å². The van der Waals surface area contributed by atoms with Gasteiger partial charge in [0, 0.05) is 0 Å². The van der Waals surface area contributed by atoms with E-state index in [9.17, 15) is 4.79 Å². The second-order valence-corrected chi connectivity index (χ2v) is 2.14. The lowest BCUT2D eigenvalue weighted by atomic mass is 10.2. The van der Waals surface area contributed by atoms with Crippen LogP contribution in [0.15, 0.2) is 35.4 Å². The van der Waals surface area contributed by atoms with E-state index in [-0.39, 0.29) is 0 Å². The fraction of sp³-hybridized carbons (Fsp3) is 0. The predicted octanol–water partition coefficient (Wildman–Crippen LogP) is 0.689. The van der Waals surface area contributed by atoms with E-state index in [4.69, 9.17) is 5.73 Å². The van der Waals surface area contributed by atoms with Gasteiger partial charge in [0.15, 0.2) is 0 Å². The van der Waals surface area contributed by atoms with Crippen molar-refractivity contribution in [2.45, 2.75) is 0 Å². The molecule has 0 saturated carbocycles. The largest absolute Gasteiger partial charge is 0.350 e. The number of nitrogens with zero attached hydrogens (tertiary/aromatic N) is 1. The fourth-order valence-corrected chi connectivity index (χ4v) is 0.710. The number of carbonyl (C=O) groups is 1. The highest BCUT2D eigenvalue weighted by Gasteiger charge is 1.85. The molecular weight excluding hydrogens is 154 g/mol. The number of benzene rings is 1. The van der Waals surface area contributed by atoms with Gasteiger partial charge < -0.3 is 5.73 Å². The van der Waals surface area contributed by atoms with Crippen LogP contribution in [-0.4, -0.2) is 12.2 Å². The molecule has 0 aliphatic rings. The second-order valence-electron chi connectivity index (χ2n) is 2.14. The Kier molecular flexibility index (Phi) is 2.84. The van der Waals surface area contributed by atoms with E-state index in [1.165, 1.54) is 6.21 Å². The molecule has 3 N–H and O–H groups in total. The van der Waals surface area contributed by atoms with Gasteiger partial charge in [-0.3, -0.25) is 0 Å². The van der Waals surface area contributed by atoms with Crippen LogP contribution in [0.2, 0.25) is 0 Å². The van der Waals surface area contributed by atoms with Gasteiger partial charge in [-0.05, 0) is 5.56 Å². The molecule has 0 aliphatic heterocycles. The molecule has 1 aromatic rings. The SMILES string of the molecule is NC(=O)NN=Cc1ccccc1. The molecule has 4 nitrogen and oxygen atoms in total. The Morgan fingerprint density at radius 2 is 2.08 bits per heavy atom. The molecule has 62 valence electrons. The molecule has 0 aliphatic carbocycles. The Bertz CT molecular complexity index is 282. The molecule has 1 aromatic carbocycles. The molecule has 0 saturated heterocycles. The molecular formula is C8H9N3O. The molecule has 0 atom stereocenters. The standard InChI is InChI=1S/C8H9N3O/c9-8(12)11-10-6-7-4-2-1-3-5-7/h1-6H,(H3,9,11,12). The van der Waals surface area contributed by atoms with Crippen LogP contribution in [0.1, 0.15) is 5.56 Å². The van der Waals surface area contributed by atoms with E-state index in [1.54, 1.807) is 0 Å². The number of hydrogen-bond acceptors (Lipinski definition) is 2. The summed E-state index contributed by atoms with van der Waals surface area (Å²) in [5.74, 6) is 0. The minimum absolute atomic E-state index is 0.665. The molecule has 0 spiro atoms. The van der Waals surface area contributed by atoms with Gasteiger partial charge in [0.05, 0.1) is 6.21 Å². The minimum Gasteiger partial charge on any atom is -0.350 e. The number of amides is 2. The Hall–Kier alpha value is -1.84. The summed E-state index contributed by atoms with van der Waals surface area (Å²) >= 11 is 0. The normalized spacial score (nSPS) is 10.0. The quantitative estimate of drug-likeness (QED) is 0.488. The number of urea groups is 1. The Labute approximate surface area is 70.1 Å². The summed E-state index contributed by atoms with van der Waals surface area (Å²) in [7, 11) is 0. The van der Waals surface area contributed by atoms with Gasteiger partial charge >= 0.3 is 6.03 Å². The van der Waals surface area contributed by atoms with Crippen molar-refractivity contribution in [3.8, 4) is 0 Å². The average Bonchev–Trinajstić information content (AvgIpc) is 2.05. The zero-order valence-electron chi connectivity index (χ0n) is 6.40. The number of carbonyl (C=O) groups excluding carboxylic acids is 1. The zero-order valence-corrected chi connectivity index (χ0v) is 6.40. The number of nitrogens with two attached hydrogens (primary N) is 1. The van der Waals surface area contributed by atoms with Crippen molar-refractivity contribution < 1.29 is 4.79 Å². The highest BCUT2D eigenvalue weighted by Crippen LogP contribution is 1.92. The van der Waals surface area contributed by atoms with Crippen molar-refractivity contribution in [2.75, 3.05) is 0 Å². The zero-order chi connectivity index (χ0) is 8.81. The van der Waals surface area contributed by atoms with Crippen molar-refractivity contribution in [3.63, 3.8) is 0 Å². The molecule has 4 heteroatoms. The molecule has 0 unspecified atom stereocenters. The van der Waals surface area contributed by atoms with Gasteiger partial charge in [0.1, 0.15) is 0 Å². The van der Waals surface area contributed by atoms with E-state index in [0.717, 1.165) is 5.56 Å². The summed E-state index contributed by atoms with van der Waals surface area (Å²) in [4.78, 5) is 10.2. The highest BCUT2D eigenvalue weighted by atomic mass is 16.2. The van der Waals surface area contributed by atoms with E-state index in [2.05, 4.69) is 10.5 Å². The van der Waals surface area contributed by atoms with Crippen LogP contribution in [-0.2, 0) is 0 Å². The highest BCUT2D eigenvalue weighted by molar-refractivity contribution is 5.81. The molecule has 0 aromatic heterocycles. The topological polar surface area (TPSA) is 67.5 Å². The third-order valence-electron chi connectivity index (χ3n) is 1.19. The van der Waals surface area contributed by atoms with Crippen LogP contribution in [0, 0.1) is 0 Å². The van der Waals surface area contributed by atoms with Gasteiger partial charge in [-0.25, -0.2) is 10.2 Å². The van der Waals surface area contributed by atoms with Crippen molar-refractivity contribution in [3.05, 3.63) is 35.9 Å². The van der Waals surface area contributed by atoms with Gasteiger partial charge in [-0.2, -0.15) is 5.10 Å². The molecule has 1 rings (SSSR count). The first-order chi connectivity index (χ1) is 5.79. The van der Waals surface area contributed by atoms with Crippen LogP contribution >= 0.6 is 0 Å². The molecule has 0 fully saturated rings. The van der Waals surface area contributed by atoms with E-state index >= 15 is 0 Å². The predicted molar refractivity (Wildman–Crippen MR) is 46.8 cm³/mol. The summed E-state index contributed by atoms with van der Waals surface area (Å²) in [5, 5.41) is 3.59. The van der Waals surface area contributed by atoms with E-state index in [0.29, 0.717) is 0 Å². The number of hydrazone groups is 1.